The third kappa shape index (κ3) is 1.54. The fraction of sp³-hybridized carbons (Fsp3) is 0.500. The Morgan fingerprint density at radius 1 is 1.62 bits per heavy atom. The van der Waals surface area contributed by atoms with E-state index >= 15 is 0 Å². The number of aromatic nitrogens is 2. The molecule has 2 rings (SSSR count). The molecule has 7 heteroatoms. The maximum Gasteiger partial charge on any atom is 0.268 e. The monoisotopic (exact) mass is 217 g/mol. The normalized spacial score (nSPS) is 22.8. The van der Waals surface area contributed by atoms with Gasteiger partial charge >= 0.3 is 0 Å². The second-order valence-corrected chi connectivity index (χ2v) is 4.72. The summed E-state index contributed by atoms with van der Waals surface area (Å²) in [5.74, 6) is 0.149. The second-order valence-electron chi connectivity index (χ2n) is 2.52. The van der Waals surface area contributed by atoms with Crippen molar-refractivity contribution in [1.29, 1.82) is 0 Å². The Labute approximate surface area is 82.8 Å². The average Bonchev–Trinajstić information content (AvgIpc) is 2.62. The molecule has 13 heavy (non-hydrogen) atoms. The molecule has 0 radical (unpaired) electrons. The first-order chi connectivity index (χ1) is 6.18. The third-order valence-electron chi connectivity index (χ3n) is 1.59. The van der Waals surface area contributed by atoms with E-state index in [0.717, 1.165) is 5.01 Å². The molecule has 0 spiro atoms. The molecule has 0 bridgehead atoms. The van der Waals surface area contributed by atoms with Crippen LogP contribution in [0, 0.1) is 6.92 Å². The Kier molecular flexibility index (Phi) is 2.22. The predicted octanol–water partition coefficient (Wildman–Crippen LogP) is 0.202. The summed E-state index contributed by atoms with van der Waals surface area (Å²) in [6, 6.07) is 0. The SMILES string of the molecule is Cc1nnc(N2CSC(O)C2=O)s1. The smallest absolute Gasteiger partial charge is 0.268 e. The Hall–Kier alpha value is -0.660. The van der Waals surface area contributed by atoms with Crippen molar-refractivity contribution in [2.24, 2.45) is 0 Å². The van der Waals surface area contributed by atoms with Crippen LogP contribution in [-0.2, 0) is 4.79 Å². The molecule has 1 aromatic heterocycles. The molecule has 1 saturated heterocycles. The molecule has 1 aliphatic rings. The van der Waals surface area contributed by atoms with E-state index in [2.05, 4.69) is 10.2 Å². The molecular formula is C6H7N3O2S2. The topological polar surface area (TPSA) is 66.3 Å². The molecule has 1 amide bonds. The highest BCUT2D eigenvalue weighted by atomic mass is 32.2. The number of hydrogen-bond acceptors (Lipinski definition) is 6. The summed E-state index contributed by atoms with van der Waals surface area (Å²) in [5, 5.41) is 18.2. The molecule has 2 heterocycles. The molecule has 1 N–H and O–H groups in total. The Balaban J connectivity index is 2.23. The van der Waals surface area contributed by atoms with Gasteiger partial charge in [-0.1, -0.05) is 23.1 Å². The van der Waals surface area contributed by atoms with Crippen LogP contribution in [0.1, 0.15) is 5.01 Å². The number of hydrogen-bond donors (Lipinski definition) is 1. The molecule has 0 saturated carbocycles. The van der Waals surface area contributed by atoms with Gasteiger partial charge in [0.15, 0.2) is 5.44 Å². The van der Waals surface area contributed by atoms with E-state index in [1.807, 2.05) is 6.92 Å². The molecule has 1 aliphatic heterocycles. The van der Waals surface area contributed by atoms with Gasteiger partial charge in [0, 0.05) is 0 Å². The van der Waals surface area contributed by atoms with Gasteiger partial charge in [-0.25, -0.2) is 0 Å². The number of carbonyl (C=O) groups excluding carboxylic acids is 1. The average molecular weight is 217 g/mol. The fourth-order valence-corrected chi connectivity index (χ4v) is 2.54. The van der Waals surface area contributed by atoms with Gasteiger partial charge in [0.1, 0.15) is 5.01 Å². The summed E-state index contributed by atoms with van der Waals surface area (Å²) < 4.78 is 0. The van der Waals surface area contributed by atoms with Gasteiger partial charge in [0.25, 0.3) is 5.91 Å². The van der Waals surface area contributed by atoms with E-state index in [0.29, 0.717) is 11.0 Å². The molecular weight excluding hydrogens is 210 g/mol. The van der Waals surface area contributed by atoms with Gasteiger partial charge < -0.3 is 5.11 Å². The van der Waals surface area contributed by atoms with Crippen LogP contribution in [0.15, 0.2) is 0 Å². The first-order valence-electron chi connectivity index (χ1n) is 3.59. The number of rotatable bonds is 1. The summed E-state index contributed by atoms with van der Waals surface area (Å²) in [4.78, 5) is 12.8. The molecule has 1 fully saturated rings. The quantitative estimate of drug-likeness (QED) is 0.728. The largest absolute Gasteiger partial charge is 0.373 e. The second kappa shape index (κ2) is 3.24. The summed E-state index contributed by atoms with van der Waals surface area (Å²) in [7, 11) is 0. The minimum absolute atomic E-state index is 0.304. The number of thioether (sulfide) groups is 1. The molecule has 1 atom stereocenters. The molecule has 5 nitrogen and oxygen atoms in total. The number of aryl methyl sites for hydroxylation is 1. The Morgan fingerprint density at radius 3 is 2.85 bits per heavy atom. The van der Waals surface area contributed by atoms with Crippen LogP contribution in [0.3, 0.4) is 0 Å². The molecule has 1 unspecified atom stereocenters. The van der Waals surface area contributed by atoms with Crippen LogP contribution in [-0.4, -0.2) is 32.5 Å². The zero-order valence-electron chi connectivity index (χ0n) is 6.80. The molecule has 0 aliphatic carbocycles. The van der Waals surface area contributed by atoms with Gasteiger partial charge in [-0.2, -0.15) is 0 Å². The lowest BCUT2D eigenvalue weighted by Gasteiger charge is -2.08. The number of aliphatic hydroxyl groups is 1. The summed E-state index contributed by atoms with van der Waals surface area (Å²) >= 11 is 2.54. The first-order valence-corrected chi connectivity index (χ1v) is 5.46. The van der Waals surface area contributed by atoms with Crippen LogP contribution in [0.25, 0.3) is 0 Å². The number of nitrogens with zero attached hydrogens (tertiary/aromatic N) is 3. The standard InChI is InChI=1S/C6H7N3O2S2/c1-3-7-8-6(13-3)9-2-12-5(11)4(9)10/h5,11H,2H2,1H3. The summed E-state index contributed by atoms with van der Waals surface area (Å²) in [5.41, 5.74) is -0.941. The van der Waals surface area contributed by atoms with Crippen molar-refractivity contribution in [2.75, 3.05) is 10.8 Å². The van der Waals surface area contributed by atoms with Crippen molar-refractivity contribution in [3.63, 3.8) is 0 Å². The third-order valence-corrected chi connectivity index (χ3v) is 3.37. The van der Waals surface area contributed by atoms with Crippen molar-refractivity contribution in [3.05, 3.63) is 5.01 Å². The first kappa shape index (κ1) is 8.92. The number of amides is 1. The fourth-order valence-electron chi connectivity index (χ4n) is 0.958. The van der Waals surface area contributed by atoms with Gasteiger partial charge in [-0.15, -0.1) is 10.2 Å². The highest BCUT2D eigenvalue weighted by Gasteiger charge is 2.33. The summed E-state index contributed by atoms with van der Waals surface area (Å²) in [6.45, 7) is 1.82. The van der Waals surface area contributed by atoms with Crippen LogP contribution in [0.5, 0.6) is 0 Å². The van der Waals surface area contributed by atoms with E-state index < -0.39 is 5.44 Å². The maximum absolute atomic E-state index is 11.3. The van der Waals surface area contributed by atoms with Gasteiger partial charge in [-0.3, -0.25) is 9.69 Å². The van der Waals surface area contributed by atoms with Crippen molar-refractivity contribution in [2.45, 2.75) is 12.4 Å². The zero-order valence-corrected chi connectivity index (χ0v) is 8.43. The summed E-state index contributed by atoms with van der Waals surface area (Å²) in [6.07, 6.45) is 0. The van der Waals surface area contributed by atoms with Crippen LogP contribution in [0.4, 0.5) is 5.13 Å². The van der Waals surface area contributed by atoms with E-state index in [1.54, 1.807) is 0 Å². The van der Waals surface area contributed by atoms with Gasteiger partial charge in [-0.05, 0) is 6.92 Å². The number of anilines is 1. The van der Waals surface area contributed by atoms with E-state index in [-0.39, 0.29) is 5.91 Å². The van der Waals surface area contributed by atoms with Crippen molar-refractivity contribution < 1.29 is 9.90 Å². The lowest BCUT2D eigenvalue weighted by atomic mass is 10.6. The van der Waals surface area contributed by atoms with E-state index in [9.17, 15) is 4.79 Å². The Bertz CT molecular complexity index is 340. The van der Waals surface area contributed by atoms with Crippen LogP contribution in [0.2, 0.25) is 0 Å². The van der Waals surface area contributed by atoms with Crippen LogP contribution >= 0.6 is 23.1 Å². The molecule has 1 aromatic rings. The predicted molar refractivity (Wildman–Crippen MR) is 50.6 cm³/mol. The number of carbonyl (C=O) groups is 1. The lowest BCUT2D eigenvalue weighted by Crippen LogP contribution is -2.28. The van der Waals surface area contributed by atoms with Gasteiger partial charge in [0.05, 0.1) is 5.88 Å². The van der Waals surface area contributed by atoms with Gasteiger partial charge in [0.2, 0.25) is 5.13 Å². The van der Waals surface area contributed by atoms with Crippen molar-refractivity contribution in [1.82, 2.24) is 10.2 Å². The zero-order chi connectivity index (χ0) is 9.42. The van der Waals surface area contributed by atoms with E-state index in [1.165, 1.54) is 28.0 Å². The lowest BCUT2D eigenvalue weighted by molar-refractivity contribution is -0.121. The number of aliphatic hydroxyl groups excluding tert-OH is 1. The minimum atomic E-state index is -0.941. The molecule has 0 aromatic carbocycles. The Morgan fingerprint density at radius 2 is 2.38 bits per heavy atom. The minimum Gasteiger partial charge on any atom is -0.373 e. The molecule has 70 valence electrons. The van der Waals surface area contributed by atoms with Crippen LogP contribution < -0.4 is 4.90 Å². The highest BCUT2D eigenvalue weighted by molar-refractivity contribution is 8.01. The highest BCUT2D eigenvalue weighted by Crippen LogP contribution is 2.29. The van der Waals surface area contributed by atoms with E-state index in [4.69, 9.17) is 5.11 Å². The maximum atomic E-state index is 11.3. The van der Waals surface area contributed by atoms with Crippen molar-refractivity contribution in [3.8, 4) is 0 Å². The van der Waals surface area contributed by atoms with Crippen molar-refractivity contribution >= 4 is 34.1 Å².